The van der Waals surface area contributed by atoms with Gasteiger partial charge in [0.15, 0.2) is 5.13 Å². The summed E-state index contributed by atoms with van der Waals surface area (Å²) in [6.45, 7) is 1.93. The minimum atomic E-state index is -0.329. The zero-order valence-corrected chi connectivity index (χ0v) is 10.0. The second kappa shape index (κ2) is 4.84. The van der Waals surface area contributed by atoms with Crippen molar-refractivity contribution in [3.05, 3.63) is 35.3 Å². The van der Waals surface area contributed by atoms with E-state index in [9.17, 15) is 4.79 Å². The molecule has 0 unspecified atom stereocenters. The highest BCUT2D eigenvalue weighted by molar-refractivity contribution is 7.15. The van der Waals surface area contributed by atoms with Crippen molar-refractivity contribution in [3.8, 4) is 0 Å². The van der Waals surface area contributed by atoms with Crippen molar-refractivity contribution in [1.82, 2.24) is 4.98 Å². The monoisotopic (exact) mass is 248 g/mol. The van der Waals surface area contributed by atoms with E-state index >= 15 is 0 Å². The number of benzene rings is 1. The summed E-state index contributed by atoms with van der Waals surface area (Å²) in [5.41, 5.74) is 6.86. The fraction of sp³-hybridized carbons (Fsp3) is 0.0909. The Morgan fingerprint density at radius 3 is 2.88 bits per heavy atom. The minimum Gasteiger partial charge on any atom is -0.399 e. The van der Waals surface area contributed by atoms with Crippen LogP contribution in [0.3, 0.4) is 0 Å². The molecule has 0 atom stereocenters. The summed E-state index contributed by atoms with van der Waals surface area (Å²) in [4.78, 5) is 16.7. The van der Waals surface area contributed by atoms with Gasteiger partial charge in [0, 0.05) is 22.4 Å². The first kappa shape index (κ1) is 11.4. The van der Waals surface area contributed by atoms with Crippen molar-refractivity contribution < 1.29 is 4.79 Å². The molecule has 5 nitrogen and oxygen atoms in total. The number of nitrogens with one attached hydrogen (secondary N) is 2. The maximum Gasteiger partial charge on any atom is 0.325 e. The predicted octanol–water partition coefficient (Wildman–Crippen LogP) is 2.68. The molecule has 2 aromatic rings. The first-order valence-electron chi connectivity index (χ1n) is 4.99. The molecule has 4 N–H and O–H groups in total. The lowest BCUT2D eigenvalue weighted by molar-refractivity contribution is 0.262. The third-order valence-corrected chi connectivity index (χ3v) is 2.81. The molecule has 0 aliphatic heterocycles. The van der Waals surface area contributed by atoms with Crippen molar-refractivity contribution in [2.75, 3.05) is 16.4 Å². The van der Waals surface area contributed by atoms with Crippen molar-refractivity contribution >= 4 is 33.9 Å². The molecule has 0 aliphatic rings. The standard InChI is InChI=1S/C11H12N4OS/c1-7-6-13-11(17-7)15-10(16)14-9-4-2-3-8(12)5-9/h2-6H,12H2,1H3,(H2,13,14,15,16). The van der Waals surface area contributed by atoms with Gasteiger partial charge in [-0.3, -0.25) is 5.32 Å². The molecule has 1 aromatic carbocycles. The number of hydrogen-bond donors (Lipinski definition) is 3. The number of amides is 2. The Kier molecular flexibility index (Phi) is 3.24. The van der Waals surface area contributed by atoms with E-state index in [0.29, 0.717) is 16.5 Å². The molecule has 2 amide bonds. The average Bonchev–Trinajstić information content (AvgIpc) is 2.63. The molecule has 0 fully saturated rings. The Hall–Kier alpha value is -2.08. The topological polar surface area (TPSA) is 80.0 Å². The van der Waals surface area contributed by atoms with E-state index in [0.717, 1.165) is 4.88 Å². The Morgan fingerprint density at radius 2 is 2.24 bits per heavy atom. The number of aryl methyl sites for hydroxylation is 1. The van der Waals surface area contributed by atoms with Crippen LogP contribution in [0.15, 0.2) is 30.5 Å². The van der Waals surface area contributed by atoms with E-state index in [2.05, 4.69) is 15.6 Å². The first-order chi connectivity index (χ1) is 8.13. The molecule has 88 valence electrons. The molecular weight excluding hydrogens is 236 g/mol. The summed E-state index contributed by atoms with van der Waals surface area (Å²) >= 11 is 1.42. The third kappa shape index (κ3) is 3.18. The van der Waals surface area contributed by atoms with Crippen molar-refractivity contribution in [1.29, 1.82) is 0 Å². The predicted molar refractivity (Wildman–Crippen MR) is 70.3 cm³/mol. The van der Waals surface area contributed by atoms with E-state index in [4.69, 9.17) is 5.73 Å². The number of nitrogens with two attached hydrogens (primary N) is 1. The molecule has 17 heavy (non-hydrogen) atoms. The number of carbonyl (C=O) groups excluding carboxylic acids is 1. The molecule has 0 radical (unpaired) electrons. The first-order valence-corrected chi connectivity index (χ1v) is 5.81. The molecule has 1 heterocycles. The second-order valence-electron chi connectivity index (χ2n) is 3.48. The maximum absolute atomic E-state index is 11.6. The number of nitrogen functional groups attached to an aromatic ring is 1. The summed E-state index contributed by atoms with van der Waals surface area (Å²) in [6, 6.07) is 6.66. The van der Waals surface area contributed by atoms with E-state index < -0.39 is 0 Å². The third-order valence-electron chi connectivity index (χ3n) is 1.99. The molecule has 1 aromatic heterocycles. The zero-order chi connectivity index (χ0) is 12.3. The number of aromatic nitrogens is 1. The molecule has 6 heteroatoms. The zero-order valence-electron chi connectivity index (χ0n) is 9.23. The van der Waals surface area contributed by atoms with Crippen LogP contribution in [0, 0.1) is 6.92 Å². The molecule has 2 rings (SSSR count). The summed E-state index contributed by atoms with van der Waals surface area (Å²) < 4.78 is 0. The SMILES string of the molecule is Cc1cnc(NC(=O)Nc2cccc(N)c2)s1. The van der Waals surface area contributed by atoms with Gasteiger partial charge in [0.25, 0.3) is 0 Å². The van der Waals surface area contributed by atoms with Crippen molar-refractivity contribution in [2.24, 2.45) is 0 Å². The highest BCUT2D eigenvalue weighted by Gasteiger charge is 2.05. The van der Waals surface area contributed by atoms with E-state index in [1.165, 1.54) is 11.3 Å². The summed E-state index contributed by atoms with van der Waals surface area (Å²) in [5, 5.41) is 5.90. The number of thiazole rings is 1. The van der Waals surface area contributed by atoms with Gasteiger partial charge < -0.3 is 11.1 Å². The number of nitrogens with zero attached hydrogens (tertiary/aromatic N) is 1. The Balaban J connectivity index is 1.98. The largest absolute Gasteiger partial charge is 0.399 e. The van der Waals surface area contributed by atoms with E-state index in [1.807, 2.05) is 6.92 Å². The Bertz CT molecular complexity index is 538. The average molecular weight is 248 g/mol. The number of hydrogen-bond acceptors (Lipinski definition) is 4. The van der Waals surface area contributed by atoms with Gasteiger partial charge in [-0.1, -0.05) is 6.07 Å². The molecule has 0 aliphatic carbocycles. The fourth-order valence-electron chi connectivity index (χ4n) is 1.29. The van der Waals surface area contributed by atoms with Gasteiger partial charge in [-0.15, -0.1) is 11.3 Å². The summed E-state index contributed by atoms with van der Waals surface area (Å²) in [6.07, 6.45) is 1.71. The number of carbonyl (C=O) groups is 1. The van der Waals surface area contributed by atoms with Gasteiger partial charge in [0.2, 0.25) is 0 Å². The molecule has 0 saturated heterocycles. The van der Waals surface area contributed by atoms with Gasteiger partial charge in [-0.25, -0.2) is 9.78 Å². The van der Waals surface area contributed by atoms with E-state index in [-0.39, 0.29) is 6.03 Å². The Labute approximate surface area is 103 Å². The van der Waals surface area contributed by atoms with Crippen molar-refractivity contribution in [2.45, 2.75) is 6.92 Å². The quantitative estimate of drug-likeness (QED) is 0.715. The van der Waals surface area contributed by atoms with Crippen LogP contribution in [0.5, 0.6) is 0 Å². The van der Waals surface area contributed by atoms with Gasteiger partial charge >= 0.3 is 6.03 Å². The summed E-state index contributed by atoms with van der Waals surface area (Å²) in [5.74, 6) is 0. The van der Waals surface area contributed by atoms with E-state index in [1.54, 1.807) is 30.5 Å². The number of urea groups is 1. The van der Waals surface area contributed by atoms with Crippen LogP contribution < -0.4 is 16.4 Å². The smallest absolute Gasteiger partial charge is 0.325 e. The van der Waals surface area contributed by atoms with Crippen LogP contribution in [0.1, 0.15) is 4.88 Å². The number of anilines is 3. The Morgan fingerprint density at radius 1 is 1.41 bits per heavy atom. The van der Waals surface area contributed by atoms with Gasteiger partial charge in [-0.05, 0) is 25.1 Å². The molecule has 0 spiro atoms. The lowest BCUT2D eigenvalue weighted by Gasteiger charge is -2.05. The van der Waals surface area contributed by atoms with Crippen LogP contribution in [0.25, 0.3) is 0 Å². The molecular formula is C11H12N4OS. The fourth-order valence-corrected chi connectivity index (χ4v) is 1.95. The van der Waals surface area contributed by atoms with Crippen molar-refractivity contribution in [3.63, 3.8) is 0 Å². The minimum absolute atomic E-state index is 0.329. The highest BCUT2D eigenvalue weighted by Crippen LogP contribution is 2.17. The second-order valence-corrected chi connectivity index (χ2v) is 4.72. The lowest BCUT2D eigenvalue weighted by Crippen LogP contribution is -2.19. The van der Waals surface area contributed by atoms with Crippen LogP contribution >= 0.6 is 11.3 Å². The van der Waals surface area contributed by atoms with Gasteiger partial charge in [0.05, 0.1) is 0 Å². The lowest BCUT2D eigenvalue weighted by atomic mass is 10.3. The molecule has 0 bridgehead atoms. The maximum atomic E-state index is 11.6. The van der Waals surface area contributed by atoms with Crippen LogP contribution in [0.4, 0.5) is 21.3 Å². The highest BCUT2D eigenvalue weighted by atomic mass is 32.1. The van der Waals surface area contributed by atoms with Crippen LogP contribution in [-0.2, 0) is 0 Å². The van der Waals surface area contributed by atoms with Gasteiger partial charge in [0.1, 0.15) is 0 Å². The van der Waals surface area contributed by atoms with Gasteiger partial charge in [-0.2, -0.15) is 0 Å². The molecule has 0 saturated carbocycles. The van der Waals surface area contributed by atoms with Crippen LogP contribution in [-0.4, -0.2) is 11.0 Å². The number of rotatable bonds is 2. The summed E-state index contributed by atoms with van der Waals surface area (Å²) in [7, 11) is 0. The van der Waals surface area contributed by atoms with Crippen LogP contribution in [0.2, 0.25) is 0 Å². The normalized spacial score (nSPS) is 9.94.